The van der Waals surface area contributed by atoms with E-state index in [-0.39, 0.29) is 10.1 Å². The van der Waals surface area contributed by atoms with E-state index < -0.39 is 22.7 Å². The smallest absolute Gasteiger partial charge is 0.261 e. The molecule has 0 bridgehead atoms. The predicted octanol–water partition coefficient (Wildman–Crippen LogP) is 5.34. The molecule has 172 valence electrons. The second-order valence-corrected chi connectivity index (χ2v) is 20.1. The van der Waals surface area contributed by atoms with Crippen molar-refractivity contribution in [2.75, 3.05) is 13.2 Å². The molecule has 0 amide bonds. The Balaban J connectivity index is 2.21. The Bertz CT molecular complexity index is 753. The van der Waals surface area contributed by atoms with Gasteiger partial charge >= 0.3 is 0 Å². The van der Waals surface area contributed by atoms with Crippen molar-refractivity contribution in [2.24, 2.45) is 0 Å². The van der Waals surface area contributed by atoms with Crippen LogP contribution < -0.4 is 10.4 Å². The van der Waals surface area contributed by atoms with Gasteiger partial charge in [0, 0.05) is 6.61 Å². The number of rotatable bonds is 9. The van der Waals surface area contributed by atoms with Crippen LogP contribution in [0.3, 0.4) is 0 Å². The van der Waals surface area contributed by atoms with Crippen LogP contribution in [0.1, 0.15) is 48.0 Å². The average molecular weight is 459 g/mol. The van der Waals surface area contributed by atoms with Crippen molar-refractivity contribution >= 4 is 27.0 Å². The van der Waals surface area contributed by atoms with Gasteiger partial charge in [-0.25, -0.2) is 0 Å². The summed E-state index contributed by atoms with van der Waals surface area (Å²) in [7, 11) is -4.42. The zero-order valence-corrected chi connectivity index (χ0v) is 22.7. The third-order valence-corrected chi connectivity index (χ3v) is 16.2. The van der Waals surface area contributed by atoms with Crippen molar-refractivity contribution < 1.29 is 14.0 Å². The summed E-state index contributed by atoms with van der Waals surface area (Å²) < 4.78 is 13.1. The van der Waals surface area contributed by atoms with Gasteiger partial charge in [-0.1, -0.05) is 102 Å². The summed E-state index contributed by atoms with van der Waals surface area (Å²) >= 11 is 0. The molecular formula is C26H42O3Si2. The van der Waals surface area contributed by atoms with Crippen molar-refractivity contribution in [1.82, 2.24) is 0 Å². The fourth-order valence-electron chi connectivity index (χ4n) is 3.73. The van der Waals surface area contributed by atoms with Crippen molar-refractivity contribution in [3.63, 3.8) is 0 Å². The maximum atomic E-state index is 10.8. The van der Waals surface area contributed by atoms with Crippen LogP contribution >= 0.6 is 0 Å². The number of benzene rings is 2. The molecular weight excluding hydrogens is 416 g/mol. The molecule has 0 radical (unpaired) electrons. The SMILES string of the molecule is CC(C)(C)[Si](C)(C)OCC[C@@H](O)CO[Si](c1ccccc1)(c1ccccc1)C(C)(C)C. The molecule has 0 fully saturated rings. The van der Waals surface area contributed by atoms with E-state index in [1.807, 2.05) is 12.1 Å². The third-order valence-electron chi connectivity index (χ3n) is 6.63. The Hall–Kier alpha value is -1.25. The minimum atomic E-state index is -2.61. The standard InChI is InChI=1S/C26H42O3Si2/c1-25(2,3)30(7,8)28-20-19-22(27)21-29-31(26(4,5)6,23-15-11-9-12-16-23)24-17-13-10-14-18-24/h9-18,22,27H,19-21H2,1-8H3/t22-/m1/s1. The normalized spacial score (nSPS) is 14.5. The lowest BCUT2D eigenvalue weighted by Gasteiger charge is -2.43. The first kappa shape index (κ1) is 26.0. The Morgan fingerprint density at radius 3 is 1.58 bits per heavy atom. The number of aliphatic hydroxyl groups excluding tert-OH is 1. The quantitative estimate of drug-likeness (QED) is 0.516. The largest absolute Gasteiger partial charge is 0.417 e. The van der Waals surface area contributed by atoms with E-state index in [4.69, 9.17) is 8.85 Å². The molecule has 2 rings (SSSR count). The molecule has 31 heavy (non-hydrogen) atoms. The minimum absolute atomic E-state index is 0.0902. The molecule has 1 N–H and O–H groups in total. The monoisotopic (exact) mass is 458 g/mol. The molecule has 0 saturated heterocycles. The summed E-state index contributed by atoms with van der Waals surface area (Å²) in [6.45, 7) is 18.9. The van der Waals surface area contributed by atoms with Crippen LogP contribution in [0.5, 0.6) is 0 Å². The van der Waals surface area contributed by atoms with Gasteiger partial charge in [0.25, 0.3) is 8.32 Å². The zero-order valence-electron chi connectivity index (χ0n) is 20.7. The lowest BCUT2D eigenvalue weighted by Crippen LogP contribution is -2.67. The van der Waals surface area contributed by atoms with Gasteiger partial charge in [0.15, 0.2) is 8.32 Å². The molecule has 0 aromatic heterocycles. The molecule has 5 heteroatoms. The first-order chi connectivity index (χ1) is 14.3. The highest BCUT2D eigenvalue weighted by atomic mass is 28.4. The highest BCUT2D eigenvalue weighted by molar-refractivity contribution is 6.99. The average Bonchev–Trinajstić information content (AvgIpc) is 2.68. The van der Waals surface area contributed by atoms with Gasteiger partial charge < -0.3 is 14.0 Å². The molecule has 0 spiro atoms. The van der Waals surface area contributed by atoms with Crippen LogP contribution in [0.4, 0.5) is 0 Å². The second-order valence-electron chi connectivity index (χ2n) is 11.0. The van der Waals surface area contributed by atoms with Crippen molar-refractivity contribution in [3.05, 3.63) is 60.7 Å². The van der Waals surface area contributed by atoms with Gasteiger partial charge in [-0.3, -0.25) is 0 Å². The molecule has 0 aliphatic rings. The van der Waals surface area contributed by atoms with Gasteiger partial charge in [0.1, 0.15) is 0 Å². The number of hydrogen-bond donors (Lipinski definition) is 1. The Morgan fingerprint density at radius 2 is 1.19 bits per heavy atom. The Labute approximate surface area is 192 Å². The molecule has 2 aromatic carbocycles. The van der Waals surface area contributed by atoms with Gasteiger partial charge in [0.2, 0.25) is 0 Å². The number of aliphatic hydroxyl groups is 1. The first-order valence-electron chi connectivity index (χ1n) is 11.4. The maximum Gasteiger partial charge on any atom is 0.261 e. The predicted molar refractivity (Wildman–Crippen MR) is 137 cm³/mol. The highest BCUT2D eigenvalue weighted by Gasteiger charge is 2.50. The van der Waals surface area contributed by atoms with Crippen LogP contribution in [0, 0.1) is 0 Å². The van der Waals surface area contributed by atoms with E-state index in [2.05, 4.69) is 103 Å². The van der Waals surface area contributed by atoms with Crippen LogP contribution in [0.25, 0.3) is 0 Å². The van der Waals surface area contributed by atoms with E-state index in [1.54, 1.807) is 0 Å². The molecule has 3 nitrogen and oxygen atoms in total. The summed E-state index contributed by atoms with van der Waals surface area (Å²) in [4.78, 5) is 0. The first-order valence-corrected chi connectivity index (χ1v) is 16.2. The Morgan fingerprint density at radius 1 is 0.742 bits per heavy atom. The van der Waals surface area contributed by atoms with Gasteiger partial charge in [0.05, 0.1) is 12.7 Å². The van der Waals surface area contributed by atoms with E-state index in [0.29, 0.717) is 19.6 Å². The summed E-state index contributed by atoms with van der Waals surface area (Å²) in [6, 6.07) is 21.1. The topological polar surface area (TPSA) is 38.7 Å². The summed E-state index contributed by atoms with van der Waals surface area (Å²) in [5.41, 5.74) is 0. The second kappa shape index (κ2) is 10.1. The molecule has 2 aromatic rings. The van der Waals surface area contributed by atoms with E-state index in [0.717, 1.165) is 0 Å². The lowest BCUT2D eigenvalue weighted by molar-refractivity contribution is 0.0796. The van der Waals surface area contributed by atoms with Crippen molar-refractivity contribution in [3.8, 4) is 0 Å². The lowest BCUT2D eigenvalue weighted by atomic mass is 10.2. The van der Waals surface area contributed by atoms with Gasteiger partial charge in [-0.15, -0.1) is 0 Å². The van der Waals surface area contributed by atoms with Crippen molar-refractivity contribution in [2.45, 2.75) is 77.2 Å². The fraction of sp³-hybridized carbons (Fsp3) is 0.538. The molecule has 1 atom stereocenters. The zero-order chi connectivity index (χ0) is 23.3. The van der Waals surface area contributed by atoms with Crippen LogP contribution in [0.15, 0.2) is 60.7 Å². The van der Waals surface area contributed by atoms with E-state index in [1.165, 1.54) is 10.4 Å². The summed E-state index contributed by atoms with van der Waals surface area (Å²) in [5, 5.41) is 13.4. The van der Waals surface area contributed by atoms with Crippen molar-refractivity contribution in [1.29, 1.82) is 0 Å². The number of hydrogen-bond acceptors (Lipinski definition) is 3. The molecule has 0 aliphatic heterocycles. The van der Waals surface area contributed by atoms with Gasteiger partial charge in [-0.2, -0.15) is 0 Å². The van der Waals surface area contributed by atoms with Crippen LogP contribution in [-0.4, -0.2) is 41.1 Å². The van der Waals surface area contributed by atoms with Crippen LogP contribution in [-0.2, 0) is 8.85 Å². The Kier molecular flexibility index (Phi) is 8.50. The molecule has 0 aliphatic carbocycles. The molecule has 0 unspecified atom stereocenters. The van der Waals surface area contributed by atoms with E-state index in [9.17, 15) is 5.11 Å². The fourth-order valence-corrected chi connectivity index (χ4v) is 9.39. The summed E-state index contributed by atoms with van der Waals surface area (Å²) in [6.07, 6.45) is 0.0384. The van der Waals surface area contributed by atoms with Gasteiger partial charge in [-0.05, 0) is 40.0 Å². The maximum absolute atomic E-state index is 10.8. The summed E-state index contributed by atoms with van der Waals surface area (Å²) in [5.74, 6) is 0. The molecule has 0 saturated carbocycles. The van der Waals surface area contributed by atoms with E-state index >= 15 is 0 Å². The molecule has 0 heterocycles. The third kappa shape index (κ3) is 6.17. The van der Waals surface area contributed by atoms with Crippen LogP contribution in [0.2, 0.25) is 23.2 Å². The minimum Gasteiger partial charge on any atom is -0.417 e. The highest BCUT2D eigenvalue weighted by Crippen LogP contribution is 2.38.